The highest BCUT2D eigenvalue weighted by molar-refractivity contribution is 14.1. The molecule has 0 bridgehead atoms. The summed E-state index contributed by atoms with van der Waals surface area (Å²) in [4.78, 5) is 24.2. The van der Waals surface area contributed by atoms with Crippen molar-refractivity contribution in [2.24, 2.45) is 0 Å². The Balaban J connectivity index is 1.30. The number of nitrogens with zero attached hydrogens (tertiary/aromatic N) is 3. The van der Waals surface area contributed by atoms with Gasteiger partial charge in [0, 0.05) is 36.7 Å². The molecule has 5 rings (SSSR count). The first-order valence-corrected chi connectivity index (χ1v) is 12.5. The normalized spacial score (nSPS) is 15.7. The Kier molecular flexibility index (Phi) is 6.61. The zero-order chi connectivity index (χ0) is 22.6. The third kappa shape index (κ3) is 5.55. The standard InChI is InChI=1S/C25H27IN6O/c26-21-16-27-25(29-18-10-12-19(13-11-18)32-14-4-1-5-15-32)31-23(21)30-22-7-3-2-6-20(22)24(33)28-17-8-9-17/h2-3,6-7,10-13,16-17H,1,4-5,8-9,14-15H2,(H,28,33)(H2,27,29,30,31). The van der Waals surface area contributed by atoms with E-state index in [0.717, 1.165) is 40.9 Å². The third-order valence-corrected chi connectivity index (χ3v) is 6.72. The summed E-state index contributed by atoms with van der Waals surface area (Å²) < 4.78 is 0.871. The van der Waals surface area contributed by atoms with Gasteiger partial charge in [0.2, 0.25) is 5.95 Å². The monoisotopic (exact) mass is 554 g/mol. The lowest BCUT2D eigenvalue weighted by Gasteiger charge is -2.28. The molecule has 3 N–H and O–H groups in total. The molecule has 8 heteroatoms. The molecular formula is C25H27IN6O. The van der Waals surface area contributed by atoms with Crippen molar-refractivity contribution in [2.75, 3.05) is 28.6 Å². The summed E-state index contributed by atoms with van der Waals surface area (Å²) in [7, 11) is 0. The van der Waals surface area contributed by atoms with Crippen LogP contribution in [0.5, 0.6) is 0 Å². The van der Waals surface area contributed by atoms with Crippen molar-refractivity contribution in [3.8, 4) is 0 Å². The molecule has 2 aliphatic rings. The van der Waals surface area contributed by atoms with Crippen molar-refractivity contribution in [2.45, 2.75) is 38.1 Å². The van der Waals surface area contributed by atoms with Crippen LogP contribution in [-0.2, 0) is 0 Å². The maximum Gasteiger partial charge on any atom is 0.253 e. The van der Waals surface area contributed by atoms with E-state index in [-0.39, 0.29) is 5.91 Å². The second-order valence-corrected chi connectivity index (χ2v) is 9.69. The van der Waals surface area contributed by atoms with Gasteiger partial charge < -0.3 is 20.9 Å². The smallest absolute Gasteiger partial charge is 0.253 e. The molecule has 1 aromatic heterocycles. The second-order valence-electron chi connectivity index (χ2n) is 8.53. The molecule has 1 saturated heterocycles. The summed E-state index contributed by atoms with van der Waals surface area (Å²) in [6, 6.07) is 16.2. The van der Waals surface area contributed by atoms with Gasteiger partial charge in [-0.15, -0.1) is 0 Å². The van der Waals surface area contributed by atoms with Gasteiger partial charge in [0.05, 0.1) is 14.8 Å². The number of hydrogen-bond donors (Lipinski definition) is 3. The van der Waals surface area contributed by atoms with Gasteiger partial charge in [0.15, 0.2) is 0 Å². The van der Waals surface area contributed by atoms with Gasteiger partial charge in [0.25, 0.3) is 5.91 Å². The van der Waals surface area contributed by atoms with Crippen LogP contribution in [-0.4, -0.2) is 35.0 Å². The highest BCUT2D eigenvalue weighted by atomic mass is 127. The van der Waals surface area contributed by atoms with E-state index in [1.54, 1.807) is 6.20 Å². The molecule has 2 heterocycles. The number of rotatable bonds is 7. The predicted molar refractivity (Wildman–Crippen MR) is 141 cm³/mol. The molecule has 170 valence electrons. The molecule has 33 heavy (non-hydrogen) atoms. The number of piperidine rings is 1. The molecule has 0 atom stereocenters. The number of carbonyl (C=O) groups excluding carboxylic acids is 1. The molecule has 1 aliphatic heterocycles. The van der Waals surface area contributed by atoms with Crippen molar-refractivity contribution in [1.82, 2.24) is 15.3 Å². The van der Waals surface area contributed by atoms with E-state index >= 15 is 0 Å². The van der Waals surface area contributed by atoms with Crippen LogP contribution in [0.2, 0.25) is 0 Å². The molecule has 0 radical (unpaired) electrons. The minimum atomic E-state index is -0.0585. The van der Waals surface area contributed by atoms with Crippen molar-refractivity contribution < 1.29 is 4.79 Å². The Bertz CT molecular complexity index is 1130. The van der Waals surface area contributed by atoms with Gasteiger partial charge in [-0.3, -0.25) is 4.79 Å². The minimum absolute atomic E-state index is 0.0585. The number of para-hydroxylation sites is 1. The molecule has 0 spiro atoms. The first-order valence-electron chi connectivity index (χ1n) is 11.5. The molecule has 3 aromatic rings. The van der Waals surface area contributed by atoms with E-state index in [9.17, 15) is 4.79 Å². The molecule has 1 aliphatic carbocycles. The first kappa shape index (κ1) is 21.9. The fourth-order valence-electron chi connectivity index (χ4n) is 3.96. The van der Waals surface area contributed by atoms with Crippen LogP contribution in [0, 0.1) is 3.57 Å². The Morgan fingerprint density at radius 2 is 1.73 bits per heavy atom. The van der Waals surface area contributed by atoms with Crippen LogP contribution in [0.15, 0.2) is 54.7 Å². The highest BCUT2D eigenvalue weighted by Crippen LogP contribution is 2.27. The van der Waals surface area contributed by atoms with Crippen LogP contribution in [0.25, 0.3) is 0 Å². The van der Waals surface area contributed by atoms with Gasteiger partial charge in [0.1, 0.15) is 5.82 Å². The molecule has 1 amide bonds. The van der Waals surface area contributed by atoms with Gasteiger partial charge in [-0.25, -0.2) is 4.98 Å². The fourth-order valence-corrected chi connectivity index (χ4v) is 4.36. The largest absolute Gasteiger partial charge is 0.372 e. The Hall–Kier alpha value is -2.88. The molecular weight excluding hydrogens is 527 g/mol. The molecule has 2 aromatic carbocycles. The van der Waals surface area contributed by atoms with Crippen LogP contribution in [0.3, 0.4) is 0 Å². The Morgan fingerprint density at radius 1 is 0.970 bits per heavy atom. The predicted octanol–water partition coefficient (Wildman–Crippen LogP) is 5.45. The molecule has 0 unspecified atom stereocenters. The summed E-state index contributed by atoms with van der Waals surface area (Å²) >= 11 is 2.20. The van der Waals surface area contributed by atoms with Gasteiger partial charge in [-0.2, -0.15) is 4.98 Å². The second kappa shape index (κ2) is 9.94. The Morgan fingerprint density at radius 3 is 2.48 bits per heavy atom. The summed E-state index contributed by atoms with van der Waals surface area (Å²) in [5, 5.41) is 9.68. The van der Waals surface area contributed by atoms with Crippen molar-refractivity contribution in [3.63, 3.8) is 0 Å². The average Bonchev–Trinajstić information content (AvgIpc) is 3.66. The van der Waals surface area contributed by atoms with Gasteiger partial charge in [-0.1, -0.05) is 12.1 Å². The van der Waals surface area contributed by atoms with E-state index in [4.69, 9.17) is 0 Å². The lowest BCUT2D eigenvalue weighted by atomic mass is 10.1. The van der Waals surface area contributed by atoms with Crippen LogP contribution < -0.4 is 20.9 Å². The summed E-state index contributed by atoms with van der Waals surface area (Å²) in [5.74, 6) is 1.10. The van der Waals surface area contributed by atoms with E-state index in [0.29, 0.717) is 23.4 Å². The average molecular weight is 554 g/mol. The maximum absolute atomic E-state index is 12.6. The Labute approximate surface area is 207 Å². The topological polar surface area (TPSA) is 82.2 Å². The van der Waals surface area contributed by atoms with E-state index < -0.39 is 0 Å². The molecule has 1 saturated carbocycles. The lowest BCUT2D eigenvalue weighted by molar-refractivity contribution is 0.0952. The van der Waals surface area contributed by atoms with Crippen LogP contribution in [0.1, 0.15) is 42.5 Å². The number of halogens is 1. The number of carbonyl (C=O) groups is 1. The van der Waals surface area contributed by atoms with Crippen LogP contribution in [0.4, 0.5) is 28.8 Å². The zero-order valence-corrected chi connectivity index (χ0v) is 20.5. The summed E-state index contributed by atoms with van der Waals surface area (Å²) in [6.45, 7) is 2.25. The van der Waals surface area contributed by atoms with Crippen LogP contribution >= 0.6 is 22.6 Å². The molecule has 2 fully saturated rings. The number of benzene rings is 2. The lowest BCUT2D eigenvalue weighted by Crippen LogP contribution is -2.29. The highest BCUT2D eigenvalue weighted by Gasteiger charge is 2.25. The zero-order valence-electron chi connectivity index (χ0n) is 18.4. The van der Waals surface area contributed by atoms with Crippen molar-refractivity contribution >= 4 is 57.3 Å². The minimum Gasteiger partial charge on any atom is -0.372 e. The number of nitrogens with one attached hydrogen (secondary N) is 3. The quantitative estimate of drug-likeness (QED) is 0.337. The number of amides is 1. The number of anilines is 5. The summed E-state index contributed by atoms with van der Waals surface area (Å²) in [6.07, 6.45) is 7.73. The first-order chi connectivity index (χ1) is 16.2. The van der Waals surface area contributed by atoms with E-state index in [1.807, 2.05) is 24.3 Å². The van der Waals surface area contributed by atoms with Gasteiger partial charge in [-0.05, 0) is 91.1 Å². The number of aromatic nitrogens is 2. The van der Waals surface area contributed by atoms with E-state index in [2.05, 4.69) is 77.7 Å². The third-order valence-electron chi connectivity index (χ3n) is 5.93. The summed E-state index contributed by atoms with van der Waals surface area (Å²) in [5.41, 5.74) is 3.53. The number of hydrogen-bond acceptors (Lipinski definition) is 6. The molecule has 7 nitrogen and oxygen atoms in total. The maximum atomic E-state index is 12.6. The van der Waals surface area contributed by atoms with Crippen molar-refractivity contribution in [1.29, 1.82) is 0 Å². The fraction of sp³-hybridized carbons (Fsp3) is 0.320. The van der Waals surface area contributed by atoms with E-state index in [1.165, 1.54) is 24.9 Å². The van der Waals surface area contributed by atoms with Crippen molar-refractivity contribution in [3.05, 3.63) is 63.9 Å². The SMILES string of the molecule is O=C(NC1CC1)c1ccccc1Nc1nc(Nc2ccc(N3CCCCC3)cc2)ncc1I. The van der Waals surface area contributed by atoms with Gasteiger partial charge >= 0.3 is 0 Å².